The highest BCUT2D eigenvalue weighted by atomic mass is 35.5. The zero-order chi connectivity index (χ0) is 25.5. The van der Waals surface area contributed by atoms with Crippen LogP contribution in [0.1, 0.15) is 5.56 Å². The van der Waals surface area contributed by atoms with Crippen molar-refractivity contribution >= 4 is 45.0 Å². The lowest BCUT2D eigenvalue weighted by Crippen LogP contribution is -1.96. The van der Waals surface area contributed by atoms with Crippen molar-refractivity contribution in [1.82, 2.24) is 30.1 Å². The Kier molecular flexibility index (Phi) is 5.61. The molecular formula is C29H19ClN6OS. The molecule has 0 amide bonds. The maximum absolute atomic E-state index is 6.19. The average Bonchev–Trinajstić information content (AvgIpc) is 3.70. The number of H-pyrrole nitrogens is 2. The number of ether oxygens (including phenoxy) is 1. The third-order valence-electron chi connectivity index (χ3n) is 6.24. The third-order valence-corrected chi connectivity index (χ3v) is 7.51. The number of para-hydroxylation sites is 1. The van der Waals surface area contributed by atoms with Gasteiger partial charge in [-0.15, -0.1) is 11.3 Å². The molecule has 5 aromatic heterocycles. The monoisotopic (exact) mass is 534 g/mol. The topological polar surface area (TPSA) is 92.4 Å². The number of halogens is 1. The van der Waals surface area contributed by atoms with Crippen molar-refractivity contribution in [2.75, 3.05) is 0 Å². The van der Waals surface area contributed by atoms with Gasteiger partial charge in [0.05, 0.1) is 32.8 Å². The van der Waals surface area contributed by atoms with Crippen LogP contribution in [0.3, 0.4) is 0 Å². The van der Waals surface area contributed by atoms with Crippen LogP contribution in [0.5, 0.6) is 5.75 Å². The number of imidazole rings is 1. The summed E-state index contributed by atoms with van der Waals surface area (Å²) in [5.41, 5.74) is 7.70. The number of nitrogens with one attached hydrogen (secondary N) is 2. The molecule has 0 bridgehead atoms. The summed E-state index contributed by atoms with van der Waals surface area (Å²) in [6, 6.07) is 25.9. The Hall–Kier alpha value is -4.53. The first-order chi connectivity index (χ1) is 18.7. The van der Waals surface area contributed by atoms with Crippen molar-refractivity contribution in [1.29, 1.82) is 0 Å². The van der Waals surface area contributed by atoms with Gasteiger partial charge in [0.15, 0.2) is 11.5 Å². The maximum Gasteiger partial charge on any atom is 0.161 e. The molecule has 2 aromatic carbocycles. The zero-order valence-electron chi connectivity index (χ0n) is 19.9. The number of fused-ring (bicyclic) bond motifs is 2. The highest BCUT2D eigenvalue weighted by Gasteiger charge is 2.17. The second kappa shape index (κ2) is 9.41. The van der Waals surface area contributed by atoms with E-state index in [0.29, 0.717) is 23.9 Å². The minimum Gasteiger partial charge on any atom is -0.487 e. The first-order valence-corrected chi connectivity index (χ1v) is 13.1. The van der Waals surface area contributed by atoms with E-state index in [1.165, 1.54) is 11.3 Å². The number of hydrogen-bond acceptors (Lipinski definition) is 6. The van der Waals surface area contributed by atoms with Gasteiger partial charge >= 0.3 is 0 Å². The van der Waals surface area contributed by atoms with E-state index in [-0.39, 0.29) is 0 Å². The first-order valence-electron chi connectivity index (χ1n) is 11.9. The van der Waals surface area contributed by atoms with Crippen LogP contribution in [-0.4, -0.2) is 30.1 Å². The minimum absolute atomic E-state index is 0.468. The van der Waals surface area contributed by atoms with Crippen molar-refractivity contribution in [3.8, 4) is 39.0 Å². The van der Waals surface area contributed by atoms with E-state index in [1.54, 1.807) is 12.4 Å². The summed E-state index contributed by atoms with van der Waals surface area (Å²) in [6.07, 6.45) is 3.49. The summed E-state index contributed by atoms with van der Waals surface area (Å²) in [7, 11) is 0. The van der Waals surface area contributed by atoms with Gasteiger partial charge in [0, 0.05) is 22.2 Å². The number of benzene rings is 2. The van der Waals surface area contributed by atoms with E-state index in [2.05, 4.69) is 20.2 Å². The second-order valence-electron chi connectivity index (χ2n) is 8.74. The lowest BCUT2D eigenvalue weighted by atomic mass is 10.1. The molecule has 0 aliphatic carbocycles. The van der Waals surface area contributed by atoms with Crippen molar-refractivity contribution in [2.24, 2.45) is 0 Å². The SMILES string of the molecule is Clc1ccc(-c2cccc3[nH]c(-c4n[nH]c5ccc(-c6cncc(OCc7ccccc7)c6)nc45)nc23)s1. The highest BCUT2D eigenvalue weighted by molar-refractivity contribution is 7.19. The standard InChI is InChI=1S/C29H19ClN6OS/c30-25-12-11-24(38-25)20-7-4-8-22-26(20)34-29(33-22)28-27-23(35-36-28)10-9-21(32-27)18-13-19(15-31-14-18)37-16-17-5-2-1-3-6-17/h1-15H,16H2,(H,33,34)(H,35,36). The maximum atomic E-state index is 6.19. The molecule has 7 aromatic rings. The summed E-state index contributed by atoms with van der Waals surface area (Å²) in [5, 5.41) is 7.62. The largest absolute Gasteiger partial charge is 0.487 e. The molecule has 0 spiro atoms. The third kappa shape index (κ3) is 4.19. The van der Waals surface area contributed by atoms with Gasteiger partial charge in [-0.2, -0.15) is 5.10 Å². The molecule has 0 saturated heterocycles. The van der Waals surface area contributed by atoms with Crippen LogP contribution in [0.4, 0.5) is 0 Å². The Bertz CT molecular complexity index is 1910. The van der Waals surface area contributed by atoms with Crippen LogP contribution in [0.15, 0.2) is 91.3 Å². The smallest absolute Gasteiger partial charge is 0.161 e. The van der Waals surface area contributed by atoms with Crippen LogP contribution < -0.4 is 4.74 Å². The molecule has 0 fully saturated rings. The van der Waals surface area contributed by atoms with E-state index in [1.807, 2.05) is 78.9 Å². The molecule has 7 rings (SSSR count). The molecule has 38 heavy (non-hydrogen) atoms. The lowest BCUT2D eigenvalue weighted by molar-refractivity contribution is 0.305. The van der Waals surface area contributed by atoms with Crippen LogP contribution in [-0.2, 0) is 6.61 Å². The molecule has 0 radical (unpaired) electrons. The summed E-state index contributed by atoms with van der Waals surface area (Å²) >= 11 is 7.72. The predicted molar refractivity (Wildman–Crippen MR) is 151 cm³/mol. The number of nitrogens with zero attached hydrogens (tertiary/aromatic N) is 4. The summed E-state index contributed by atoms with van der Waals surface area (Å²) in [4.78, 5) is 18.7. The average molecular weight is 535 g/mol. The molecule has 5 heterocycles. The van der Waals surface area contributed by atoms with Gasteiger partial charge in [0.2, 0.25) is 0 Å². The number of aromatic nitrogens is 6. The van der Waals surface area contributed by atoms with Gasteiger partial charge in [0.25, 0.3) is 0 Å². The van der Waals surface area contributed by atoms with Crippen LogP contribution in [0, 0.1) is 0 Å². The molecule has 0 aliphatic rings. The van der Waals surface area contributed by atoms with Gasteiger partial charge < -0.3 is 9.72 Å². The normalized spacial score (nSPS) is 11.4. The van der Waals surface area contributed by atoms with E-state index < -0.39 is 0 Å². The van der Waals surface area contributed by atoms with Gasteiger partial charge in [0.1, 0.15) is 17.9 Å². The summed E-state index contributed by atoms with van der Waals surface area (Å²) in [5.74, 6) is 1.32. The fourth-order valence-corrected chi connectivity index (χ4v) is 5.48. The molecule has 0 unspecified atom stereocenters. The molecule has 7 nitrogen and oxygen atoms in total. The van der Waals surface area contributed by atoms with E-state index >= 15 is 0 Å². The number of pyridine rings is 2. The summed E-state index contributed by atoms with van der Waals surface area (Å²) in [6.45, 7) is 0.468. The molecule has 0 saturated carbocycles. The molecule has 9 heteroatoms. The Balaban J connectivity index is 1.24. The molecular weight excluding hydrogens is 516 g/mol. The van der Waals surface area contributed by atoms with Crippen molar-refractivity contribution in [3.63, 3.8) is 0 Å². The Morgan fingerprint density at radius 3 is 2.63 bits per heavy atom. The Morgan fingerprint density at radius 1 is 0.842 bits per heavy atom. The van der Waals surface area contributed by atoms with Gasteiger partial charge in [-0.1, -0.05) is 54.1 Å². The number of aromatic amines is 2. The van der Waals surface area contributed by atoms with E-state index in [4.69, 9.17) is 26.3 Å². The fourth-order valence-electron chi connectivity index (χ4n) is 4.41. The van der Waals surface area contributed by atoms with E-state index in [9.17, 15) is 0 Å². The molecule has 2 N–H and O–H groups in total. The predicted octanol–water partition coefficient (Wildman–Crippen LogP) is 7.52. The second-order valence-corrected chi connectivity index (χ2v) is 10.5. The number of rotatable bonds is 6. The number of thiophene rings is 1. The quantitative estimate of drug-likeness (QED) is 0.230. The highest BCUT2D eigenvalue weighted by Crippen LogP contribution is 2.36. The molecule has 0 aliphatic heterocycles. The number of hydrogen-bond donors (Lipinski definition) is 2. The van der Waals surface area contributed by atoms with Crippen LogP contribution >= 0.6 is 22.9 Å². The molecule has 184 valence electrons. The molecule has 0 atom stereocenters. The first kappa shape index (κ1) is 22.7. The van der Waals surface area contributed by atoms with Crippen molar-refractivity contribution in [3.05, 3.63) is 101 Å². The van der Waals surface area contributed by atoms with E-state index in [0.717, 1.165) is 53.7 Å². The summed E-state index contributed by atoms with van der Waals surface area (Å²) < 4.78 is 6.71. The minimum atomic E-state index is 0.468. The Labute approximate surface area is 226 Å². The van der Waals surface area contributed by atoms with Crippen LogP contribution in [0.2, 0.25) is 4.34 Å². The zero-order valence-corrected chi connectivity index (χ0v) is 21.4. The van der Waals surface area contributed by atoms with Gasteiger partial charge in [-0.25, -0.2) is 9.97 Å². The van der Waals surface area contributed by atoms with Gasteiger partial charge in [-0.3, -0.25) is 10.1 Å². The fraction of sp³-hybridized carbons (Fsp3) is 0.0345. The lowest BCUT2D eigenvalue weighted by Gasteiger charge is -2.08. The van der Waals surface area contributed by atoms with Crippen molar-refractivity contribution in [2.45, 2.75) is 6.61 Å². The van der Waals surface area contributed by atoms with Gasteiger partial charge in [-0.05, 0) is 42.0 Å². The van der Waals surface area contributed by atoms with Crippen molar-refractivity contribution < 1.29 is 4.74 Å². The Morgan fingerprint density at radius 2 is 1.76 bits per heavy atom. The van der Waals surface area contributed by atoms with Crippen LogP contribution in [0.25, 0.3) is 55.3 Å².